The monoisotopic (exact) mass is 276 g/mol. The molecule has 0 amide bonds. The van der Waals surface area contributed by atoms with E-state index in [1.165, 1.54) is 25.7 Å². The molecule has 0 spiro atoms. The molecule has 0 bridgehead atoms. The third kappa shape index (κ3) is 3.22. The van der Waals surface area contributed by atoms with E-state index in [2.05, 4.69) is 24.9 Å². The van der Waals surface area contributed by atoms with Gasteiger partial charge in [-0.25, -0.2) is 0 Å². The van der Waals surface area contributed by atoms with Crippen LogP contribution in [-0.4, -0.2) is 13.1 Å². The van der Waals surface area contributed by atoms with Crippen LogP contribution in [0.3, 0.4) is 0 Å². The van der Waals surface area contributed by atoms with Crippen molar-refractivity contribution in [1.82, 2.24) is 0 Å². The minimum Gasteiger partial charge on any atom is -0.371 e. The van der Waals surface area contributed by atoms with Crippen LogP contribution in [0.2, 0.25) is 0 Å². The number of nitrogens with zero attached hydrogens (tertiary/aromatic N) is 2. The highest BCUT2D eigenvalue weighted by Crippen LogP contribution is 2.31. The fraction of sp³-hybridized carbons (Fsp3) is 0.562. The van der Waals surface area contributed by atoms with Gasteiger partial charge in [-0.1, -0.05) is 13.0 Å². The third-order valence-corrected chi connectivity index (χ3v) is 4.56. The van der Waals surface area contributed by atoms with E-state index in [1.54, 1.807) is 0 Å². The first kappa shape index (κ1) is 14.2. The molecule has 19 heavy (non-hydrogen) atoms. The predicted octanol–water partition coefficient (Wildman–Crippen LogP) is 4.31. The second-order valence-electron chi connectivity index (χ2n) is 5.62. The van der Waals surface area contributed by atoms with Crippen LogP contribution in [0.15, 0.2) is 18.2 Å². The quantitative estimate of drug-likeness (QED) is 0.769. The van der Waals surface area contributed by atoms with Crippen molar-refractivity contribution in [3.05, 3.63) is 29.3 Å². The summed E-state index contributed by atoms with van der Waals surface area (Å²) < 4.78 is 0. The van der Waals surface area contributed by atoms with Crippen LogP contribution >= 0.6 is 11.6 Å². The Bertz CT molecular complexity index is 470. The van der Waals surface area contributed by atoms with E-state index in [1.807, 2.05) is 18.2 Å². The molecule has 1 saturated carbocycles. The summed E-state index contributed by atoms with van der Waals surface area (Å²) in [6, 6.07) is 8.82. The van der Waals surface area contributed by atoms with Gasteiger partial charge in [-0.3, -0.25) is 0 Å². The van der Waals surface area contributed by atoms with E-state index in [0.717, 1.165) is 22.7 Å². The number of hydrogen-bond acceptors (Lipinski definition) is 2. The topological polar surface area (TPSA) is 27.0 Å². The molecule has 0 aliphatic heterocycles. The van der Waals surface area contributed by atoms with E-state index < -0.39 is 0 Å². The molecule has 102 valence electrons. The maximum atomic E-state index is 9.31. The second-order valence-corrected chi connectivity index (χ2v) is 5.89. The maximum absolute atomic E-state index is 9.31. The Kier molecular flexibility index (Phi) is 4.71. The van der Waals surface area contributed by atoms with Crippen LogP contribution in [0.25, 0.3) is 0 Å². The molecule has 1 aromatic rings. The van der Waals surface area contributed by atoms with Crippen LogP contribution in [0, 0.1) is 17.2 Å². The lowest BCUT2D eigenvalue weighted by Gasteiger charge is -2.35. The summed E-state index contributed by atoms with van der Waals surface area (Å²) in [6.45, 7) is 2.33. The van der Waals surface area contributed by atoms with E-state index in [-0.39, 0.29) is 0 Å². The molecule has 2 rings (SSSR count). The molecular weight excluding hydrogens is 256 g/mol. The van der Waals surface area contributed by atoms with Gasteiger partial charge in [-0.15, -0.1) is 11.6 Å². The second kappa shape index (κ2) is 6.30. The van der Waals surface area contributed by atoms with Crippen molar-refractivity contribution >= 4 is 17.3 Å². The van der Waals surface area contributed by atoms with Crippen LogP contribution in [0.4, 0.5) is 5.69 Å². The molecule has 0 atom stereocenters. The Balaban J connectivity index is 2.19. The van der Waals surface area contributed by atoms with Gasteiger partial charge < -0.3 is 4.90 Å². The highest BCUT2D eigenvalue weighted by molar-refractivity contribution is 6.17. The van der Waals surface area contributed by atoms with Gasteiger partial charge in [-0.2, -0.15) is 5.26 Å². The smallest absolute Gasteiger partial charge is 0.101 e. The molecule has 0 N–H and O–H groups in total. The number of rotatable bonds is 3. The Morgan fingerprint density at radius 2 is 2.00 bits per heavy atom. The lowest BCUT2D eigenvalue weighted by atomic mass is 9.86. The standard InChI is InChI=1S/C16H21ClN2/c1-12-3-6-15(7-4-12)19(2)16-8-5-13(10-17)9-14(16)11-18/h5,8-9,12,15H,3-4,6-7,10H2,1-2H3. The van der Waals surface area contributed by atoms with E-state index in [4.69, 9.17) is 11.6 Å². The zero-order chi connectivity index (χ0) is 13.8. The average Bonchev–Trinajstić information content (AvgIpc) is 2.46. The zero-order valence-corrected chi connectivity index (χ0v) is 12.5. The SMILES string of the molecule is CC1CCC(N(C)c2ccc(CCl)cc2C#N)CC1. The van der Waals surface area contributed by atoms with Crippen LogP contribution in [0.1, 0.15) is 43.7 Å². The number of anilines is 1. The van der Waals surface area contributed by atoms with E-state index >= 15 is 0 Å². The van der Waals surface area contributed by atoms with Crippen molar-refractivity contribution in [3.8, 4) is 6.07 Å². The summed E-state index contributed by atoms with van der Waals surface area (Å²) in [4.78, 5) is 2.28. The molecule has 0 aromatic heterocycles. The van der Waals surface area contributed by atoms with Gasteiger partial charge in [-0.05, 0) is 49.3 Å². The third-order valence-electron chi connectivity index (χ3n) is 4.25. The first-order valence-electron chi connectivity index (χ1n) is 6.97. The van der Waals surface area contributed by atoms with Gasteiger partial charge >= 0.3 is 0 Å². The first-order valence-corrected chi connectivity index (χ1v) is 7.51. The van der Waals surface area contributed by atoms with Gasteiger partial charge in [0.25, 0.3) is 0 Å². The highest BCUT2D eigenvalue weighted by atomic mass is 35.5. The Labute approximate surface area is 121 Å². The molecule has 2 nitrogen and oxygen atoms in total. The van der Waals surface area contributed by atoms with Crippen molar-refractivity contribution < 1.29 is 0 Å². The Hall–Kier alpha value is -1.20. The summed E-state index contributed by atoms with van der Waals surface area (Å²) in [7, 11) is 2.11. The molecular formula is C16H21ClN2. The minimum atomic E-state index is 0.458. The largest absolute Gasteiger partial charge is 0.371 e. The summed E-state index contributed by atoms with van der Waals surface area (Å²) in [6.07, 6.45) is 5.02. The molecule has 0 saturated heterocycles. The van der Waals surface area contributed by atoms with Crippen molar-refractivity contribution in [2.45, 2.75) is 44.5 Å². The van der Waals surface area contributed by atoms with Crippen molar-refractivity contribution in [1.29, 1.82) is 5.26 Å². The predicted molar refractivity (Wildman–Crippen MR) is 80.5 cm³/mol. The molecule has 3 heteroatoms. The number of hydrogen-bond donors (Lipinski definition) is 0. The average molecular weight is 277 g/mol. The normalized spacial score (nSPS) is 22.8. The summed E-state index contributed by atoms with van der Waals surface area (Å²) >= 11 is 5.83. The van der Waals surface area contributed by atoms with Crippen molar-refractivity contribution in [2.24, 2.45) is 5.92 Å². The van der Waals surface area contributed by atoms with Gasteiger partial charge in [0, 0.05) is 19.0 Å². The molecule has 0 unspecified atom stereocenters. The molecule has 1 aliphatic carbocycles. The van der Waals surface area contributed by atoms with Crippen molar-refractivity contribution in [2.75, 3.05) is 11.9 Å². The zero-order valence-electron chi connectivity index (χ0n) is 11.7. The van der Waals surface area contributed by atoms with Gasteiger partial charge in [0.15, 0.2) is 0 Å². The molecule has 0 radical (unpaired) electrons. The van der Waals surface area contributed by atoms with E-state index in [0.29, 0.717) is 11.9 Å². The van der Waals surface area contributed by atoms with Gasteiger partial charge in [0.1, 0.15) is 6.07 Å². The molecule has 1 aromatic carbocycles. The summed E-state index contributed by atoms with van der Waals surface area (Å²) in [5.41, 5.74) is 2.78. The van der Waals surface area contributed by atoms with Crippen LogP contribution in [-0.2, 0) is 5.88 Å². The number of halogens is 1. The lowest BCUT2D eigenvalue weighted by Crippen LogP contribution is -2.35. The van der Waals surface area contributed by atoms with Crippen LogP contribution < -0.4 is 4.90 Å². The summed E-state index contributed by atoms with van der Waals surface area (Å²) in [5.74, 6) is 1.30. The molecule has 0 heterocycles. The number of benzene rings is 1. The summed E-state index contributed by atoms with van der Waals surface area (Å²) in [5, 5.41) is 9.31. The number of alkyl halides is 1. The minimum absolute atomic E-state index is 0.458. The highest BCUT2D eigenvalue weighted by Gasteiger charge is 2.23. The first-order chi connectivity index (χ1) is 9.15. The molecule has 1 aliphatic rings. The molecule has 1 fully saturated rings. The number of nitriles is 1. The van der Waals surface area contributed by atoms with Gasteiger partial charge in [0.2, 0.25) is 0 Å². The Morgan fingerprint density at radius 1 is 1.32 bits per heavy atom. The Morgan fingerprint density at radius 3 is 2.58 bits per heavy atom. The van der Waals surface area contributed by atoms with E-state index in [9.17, 15) is 5.26 Å². The lowest BCUT2D eigenvalue weighted by molar-refractivity contribution is 0.340. The van der Waals surface area contributed by atoms with Crippen molar-refractivity contribution in [3.63, 3.8) is 0 Å². The van der Waals surface area contributed by atoms with Crippen LogP contribution in [0.5, 0.6) is 0 Å². The fourth-order valence-electron chi connectivity index (χ4n) is 2.89. The maximum Gasteiger partial charge on any atom is 0.101 e. The fourth-order valence-corrected chi connectivity index (χ4v) is 3.06. The van der Waals surface area contributed by atoms with Gasteiger partial charge in [0.05, 0.1) is 11.3 Å².